The molecular weight excluding hydrogens is 196 g/mol. The molecular formula is C15H22O. The third kappa shape index (κ3) is 1.73. The Labute approximate surface area is 98.8 Å². The van der Waals surface area contributed by atoms with Crippen LogP contribution in [0, 0.1) is 11.8 Å². The molecule has 0 aromatic heterocycles. The summed E-state index contributed by atoms with van der Waals surface area (Å²) in [4.78, 5) is 0. The molecule has 0 saturated carbocycles. The summed E-state index contributed by atoms with van der Waals surface area (Å²) in [5.74, 6) is 2.21. The summed E-state index contributed by atoms with van der Waals surface area (Å²) < 4.78 is 6.34. The second-order valence-electron chi connectivity index (χ2n) is 5.47. The van der Waals surface area contributed by atoms with Crippen LogP contribution in [-0.4, -0.2) is 5.60 Å². The number of ether oxygens (including phenoxy) is 1. The second-order valence-corrected chi connectivity index (χ2v) is 5.47. The minimum Gasteiger partial charge on any atom is -0.486 e. The molecule has 1 heterocycles. The van der Waals surface area contributed by atoms with Crippen molar-refractivity contribution in [2.45, 2.75) is 46.1 Å². The van der Waals surface area contributed by atoms with Crippen molar-refractivity contribution in [1.29, 1.82) is 0 Å². The van der Waals surface area contributed by atoms with Crippen molar-refractivity contribution in [3.05, 3.63) is 29.8 Å². The largest absolute Gasteiger partial charge is 0.486 e. The van der Waals surface area contributed by atoms with E-state index in [1.54, 1.807) is 0 Å². The number of hydrogen-bond acceptors (Lipinski definition) is 1. The maximum Gasteiger partial charge on any atom is 0.123 e. The summed E-state index contributed by atoms with van der Waals surface area (Å²) in [6.45, 7) is 9.09. The quantitative estimate of drug-likeness (QED) is 0.727. The summed E-state index contributed by atoms with van der Waals surface area (Å²) in [7, 11) is 0. The first-order valence-electron chi connectivity index (χ1n) is 6.33. The lowest BCUT2D eigenvalue weighted by atomic mass is 9.74. The predicted molar refractivity (Wildman–Crippen MR) is 67.8 cm³/mol. The van der Waals surface area contributed by atoms with E-state index in [9.17, 15) is 0 Å². The molecule has 0 spiro atoms. The fourth-order valence-electron chi connectivity index (χ4n) is 2.88. The lowest BCUT2D eigenvalue weighted by Gasteiger charge is -2.45. The summed E-state index contributed by atoms with van der Waals surface area (Å²) >= 11 is 0. The van der Waals surface area contributed by atoms with Crippen LogP contribution in [0.15, 0.2) is 24.3 Å². The highest BCUT2D eigenvalue weighted by Gasteiger charge is 2.41. The van der Waals surface area contributed by atoms with Gasteiger partial charge in [0.1, 0.15) is 11.4 Å². The van der Waals surface area contributed by atoms with E-state index in [0.29, 0.717) is 11.8 Å². The number of aryl methyl sites for hydroxylation is 1. The van der Waals surface area contributed by atoms with Crippen LogP contribution in [0.3, 0.4) is 0 Å². The molecule has 1 aliphatic heterocycles. The number of para-hydroxylation sites is 1. The highest BCUT2D eigenvalue weighted by Crippen LogP contribution is 2.41. The third-order valence-electron chi connectivity index (χ3n) is 4.01. The van der Waals surface area contributed by atoms with E-state index < -0.39 is 0 Å². The van der Waals surface area contributed by atoms with Gasteiger partial charge in [0, 0.05) is 0 Å². The van der Waals surface area contributed by atoms with E-state index in [-0.39, 0.29) is 5.60 Å². The maximum absolute atomic E-state index is 6.34. The van der Waals surface area contributed by atoms with E-state index in [0.717, 1.165) is 18.6 Å². The Kier molecular flexibility index (Phi) is 2.96. The van der Waals surface area contributed by atoms with E-state index in [1.807, 2.05) is 0 Å². The standard InChI is InChI=1S/C15H22O/c1-11(2)15(12(3)4)10-9-13-7-5-6-8-14(13)16-15/h5-8,11-12H,9-10H2,1-4H3. The molecule has 0 fully saturated rings. The first kappa shape index (κ1) is 11.5. The summed E-state index contributed by atoms with van der Waals surface area (Å²) in [5, 5.41) is 0. The van der Waals surface area contributed by atoms with Crippen molar-refractivity contribution in [3.8, 4) is 5.75 Å². The van der Waals surface area contributed by atoms with Crippen LogP contribution in [-0.2, 0) is 6.42 Å². The van der Waals surface area contributed by atoms with E-state index in [4.69, 9.17) is 4.74 Å². The molecule has 0 N–H and O–H groups in total. The minimum absolute atomic E-state index is 0.0222. The lowest BCUT2D eigenvalue weighted by Crippen LogP contribution is -2.48. The molecule has 0 aliphatic carbocycles. The number of benzene rings is 1. The van der Waals surface area contributed by atoms with Crippen LogP contribution < -0.4 is 4.74 Å². The Morgan fingerprint density at radius 1 is 1.06 bits per heavy atom. The molecule has 88 valence electrons. The predicted octanol–water partition coefficient (Wildman–Crippen LogP) is 4.06. The van der Waals surface area contributed by atoms with Crippen LogP contribution in [0.1, 0.15) is 39.7 Å². The summed E-state index contributed by atoms with van der Waals surface area (Å²) in [6, 6.07) is 8.45. The Hall–Kier alpha value is -0.980. The van der Waals surface area contributed by atoms with Gasteiger partial charge in [0.25, 0.3) is 0 Å². The molecule has 1 aromatic carbocycles. The average Bonchev–Trinajstić information content (AvgIpc) is 2.27. The van der Waals surface area contributed by atoms with Crippen LogP contribution >= 0.6 is 0 Å². The zero-order valence-corrected chi connectivity index (χ0v) is 10.8. The van der Waals surface area contributed by atoms with Crippen LogP contribution in [0.25, 0.3) is 0 Å². The highest BCUT2D eigenvalue weighted by molar-refractivity contribution is 5.36. The van der Waals surface area contributed by atoms with Crippen molar-refractivity contribution in [1.82, 2.24) is 0 Å². The summed E-state index contributed by atoms with van der Waals surface area (Å²) in [5.41, 5.74) is 1.38. The molecule has 2 rings (SSSR count). The van der Waals surface area contributed by atoms with Gasteiger partial charge in [-0.15, -0.1) is 0 Å². The molecule has 0 atom stereocenters. The topological polar surface area (TPSA) is 9.23 Å². The molecule has 0 unspecified atom stereocenters. The first-order chi connectivity index (χ1) is 7.56. The van der Waals surface area contributed by atoms with Crippen LogP contribution in [0.4, 0.5) is 0 Å². The van der Waals surface area contributed by atoms with Gasteiger partial charge in [0.2, 0.25) is 0 Å². The monoisotopic (exact) mass is 218 g/mol. The number of fused-ring (bicyclic) bond motifs is 1. The number of hydrogen-bond donors (Lipinski definition) is 0. The van der Waals surface area contributed by atoms with Gasteiger partial charge in [-0.25, -0.2) is 0 Å². The van der Waals surface area contributed by atoms with Gasteiger partial charge < -0.3 is 4.74 Å². The number of rotatable bonds is 2. The van der Waals surface area contributed by atoms with Gasteiger partial charge in [0.15, 0.2) is 0 Å². The van der Waals surface area contributed by atoms with Gasteiger partial charge in [0.05, 0.1) is 0 Å². The Bertz CT molecular complexity index is 357. The SMILES string of the molecule is CC(C)C1(C(C)C)CCc2ccccc2O1. The fourth-order valence-corrected chi connectivity index (χ4v) is 2.88. The van der Waals surface area contributed by atoms with Gasteiger partial charge in [-0.2, -0.15) is 0 Å². The second kappa shape index (κ2) is 4.12. The Morgan fingerprint density at radius 3 is 2.31 bits per heavy atom. The van der Waals surface area contributed by atoms with E-state index in [1.165, 1.54) is 5.56 Å². The van der Waals surface area contributed by atoms with Crippen molar-refractivity contribution >= 4 is 0 Å². The van der Waals surface area contributed by atoms with Crippen LogP contribution in [0.2, 0.25) is 0 Å². The lowest BCUT2D eigenvalue weighted by molar-refractivity contribution is -0.0385. The Morgan fingerprint density at radius 2 is 1.69 bits per heavy atom. The first-order valence-corrected chi connectivity index (χ1v) is 6.33. The van der Waals surface area contributed by atoms with E-state index in [2.05, 4.69) is 52.0 Å². The van der Waals surface area contributed by atoms with Crippen molar-refractivity contribution < 1.29 is 4.74 Å². The molecule has 1 heteroatoms. The van der Waals surface area contributed by atoms with Crippen molar-refractivity contribution in [2.75, 3.05) is 0 Å². The Balaban J connectivity index is 2.35. The molecule has 0 saturated heterocycles. The smallest absolute Gasteiger partial charge is 0.123 e. The van der Waals surface area contributed by atoms with Crippen molar-refractivity contribution in [2.24, 2.45) is 11.8 Å². The molecule has 1 aromatic rings. The van der Waals surface area contributed by atoms with Gasteiger partial charge in [-0.1, -0.05) is 45.9 Å². The van der Waals surface area contributed by atoms with Gasteiger partial charge in [-0.3, -0.25) is 0 Å². The fraction of sp³-hybridized carbons (Fsp3) is 0.600. The van der Waals surface area contributed by atoms with Gasteiger partial charge >= 0.3 is 0 Å². The van der Waals surface area contributed by atoms with Crippen LogP contribution in [0.5, 0.6) is 5.75 Å². The zero-order chi connectivity index (χ0) is 11.8. The average molecular weight is 218 g/mol. The molecule has 0 radical (unpaired) electrons. The minimum atomic E-state index is 0.0222. The molecule has 0 amide bonds. The van der Waals surface area contributed by atoms with Gasteiger partial charge in [-0.05, 0) is 36.3 Å². The third-order valence-corrected chi connectivity index (χ3v) is 4.01. The highest BCUT2D eigenvalue weighted by atomic mass is 16.5. The van der Waals surface area contributed by atoms with E-state index >= 15 is 0 Å². The molecule has 16 heavy (non-hydrogen) atoms. The molecule has 1 nitrogen and oxygen atoms in total. The normalized spacial score (nSPS) is 18.4. The zero-order valence-electron chi connectivity index (χ0n) is 10.8. The van der Waals surface area contributed by atoms with Crippen molar-refractivity contribution in [3.63, 3.8) is 0 Å². The maximum atomic E-state index is 6.34. The molecule has 0 bridgehead atoms. The molecule has 1 aliphatic rings. The summed E-state index contributed by atoms with van der Waals surface area (Å²) in [6.07, 6.45) is 2.28.